The summed E-state index contributed by atoms with van der Waals surface area (Å²) in [5, 5.41) is 2.42. The van der Waals surface area contributed by atoms with Gasteiger partial charge in [-0.3, -0.25) is 24.3 Å². The van der Waals surface area contributed by atoms with Crippen molar-refractivity contribution in [1.29, 1.82) is 0 Å². The van der Waals surface area contributed by atoms with Crippen molar-refractivity contribution >= 4 is 23.8 Å². The molecule has 9 nitrogen and oxygen atoms in total. The van der Waals surface area contributed by atoms with Gasteiger partial charge in [0.05, 0.1) is 12.1 Å². The first-order valence-corrected chi connectivity index (χ1v) is 9.10. The minimum absolute atomic E-state index is 0.0639. The zero-order valence-corrected chi connectivity index (χ0v) is 14.8. The van der Waals surface area contributed by atoms with Gasteiger partial charge in [-0.1, -0.05) is 0 Å². The summed E-state index contributed by atoms with van der Waals surface area (Å²) in [5.41, 5.74) is 0.538. The maximum absolute atomic E-state index is 12.8. The standard InChI is InChI=1S/C18H21N5O4/c24-15-7-20-18(27)23(15)11-16(25)22-9-12-3-4-14(22)10-21(8-12)17(26)13-2-1-5-19-6-13/h1-2,5-6,12,14H,3-4,7-11H2,(H,20,27)/t12-,14+/m0/s1. The summed E-state index contributed by atoms with van der Waals surface area (Å²) in [6.45, 7) is 1.28. The van der Waals surface area contributed by atoms with Crippen LogP contribution in [0.3, 0.4) is 0 Å². The van der Waals surface area contributed by atoms with Crippen LogP contribution >= 0.6 is 0 Å². The van der Waals surface area contributed by atoms with E-state index in [4.69, 9.17) is 0 Å². The number of hydrogen-bond acceptors (Lipinski definition) is 5. The van der Waals surface area contributed by atoms with Gasteiger partial charge >= 0.3 is 6.03 Å². The van der Waals surface area contributed by atoms with Crippen LogP contribution in [0.4, 0.5) is 4.79 Å². The van der Waals surface area contributed by atoms with Crippen LogP contribution in [0.5, 0.6) is 0 Å². The largest absolute Gasteiger partial charge is 0.336 e. The molecule has 2 bridgehead atoms. The smallest absolute Gasteiger partial charge is 0.325 e. The zero-order chi connectivity index (χ0) is 19.0. The van der Waals surface area contributed by atoms with Crippen molar-refractivity contribution in [1.82, 2.24) is 25.0 Å². The molecule has 27 heavy (non-hydrogen) atoms. The summed E-state index contributed by atoms with van der Waals surface area (Å²) in [7, 11) is 0. The molecule has 1 N–H and O–H groups in total. The summed E-state index contributed by atoms with van der Waals surface area (Å²) in [6.07, 6.45) is 4.94. The van der Waals surface area contributed by atoms with E-state index in [1.165, 1.54) is 0 Å². The Morgan fingerprint density at radius 3 is 2.74 bits per heavy atom. The Labute approximate surface area is 156 Å². The number of imide groups is 1. The van der Waals surface area contributed by atoms with E-state index in [1.54, 1.807) is 34.3 Å². The van der Waals surface area contributed by atoms with Crippen LogP contribution in [-0.4, -0.2) is 82.2 Å². The maximum atomic E-state index is 12.8. The van der Waals surface area contributed by atoms with Gasteiger partial charge in [0.1, 0.15) is 6.54 Å². The Bertz CT molecular complexity index is 767. The molecule has 5 amide bonds. The molecule has 0 spiro atoms. The van der Waals surface area contributed by atoms with Crippen molar-refractivity contribution < 1.29 is 19.2 Å². The zero-order valence-electron chi connectivity index (χ0n) is 14.8. The molecule has 142 valence electrons. The number of carbonyl (C=O) groups excluding carboxylic acids is 4. The average Bonchev–Trinajstić information content (AvgIpc) is 2.88. The monoisotopic (exact) mass is 371 g/mol. The molecule has 9 heteroatoms. The summed E-state index contributed by atoms with van der Waals surface area (Å²) in [4.78, 5) is 57.5. The summed E-state index contributed by atoms with van der Waals surface area (Å²) in [6, 6.07) is 2.84. The number of piperidine rings is 1. The summed E-state index contributed by atoms with van der Waals surface area (Å²) >= 11 is 0. The molecule has 0 unspecified atom stereocenters. The topological polar surface area (TPSA) is 103 Å². The molecule has 0 saturated carbocycles. The van der Waals surface area contributed by atoms with E-state index in [2.05, 4.69) is 10.3 Å². The lowest BCUT2D eigenvalue weighted by molar-refractivity contribution is -0.139. The van der Waals surface area contributed by atoms with Gasteiger partial charge in [-0.25, -0.2) is 4.79 Å². The van der Waals surface area contributed by atoms with Crippen molar-refractivity contribution in [3.05, 3.63) is 30.1 Å². The number of urea groups is 1. The Morgan fingerprint density at radius 1 is 1.19 bits per heavy atom. The van der Waals surface area contributed by atoms with E-state index in [0.29, 0.717) is 25.2 Å². The summed E-state index contributed by atoms with van der Waals surface area (Å²) in [5.74, 6) is -0.521. The minimum atomic E-state index is -0.526. The molecule has 1 aromatic rings. The highest BCUT2D eigenvalue weighted by Gasteiger charge is 2.40. The molecule has 0 radical (unpaired) electrons. The van der Waals surface area contributed by atoms with Gasteiger partial charge < -0.3 is 15.1 Å². The van der Waals surface area contributed by atoms with E-state index < -0.39 is 6.03 Å². The molecule has 5 rings (SSSR count). The van der Waals surface area contributed by atoms with Crippen LogP contribution < -0.4 is 5.32 Å². The number of amides is 5. The lowest BCUT2D eigenvalue weighted by Crippen LogP contribution is -2.51. The number of carbonyl (C=O) groups is 4. The lowest BCUT2D eigenvalue weighted by Gasteiger charge is -2.36. The van der Waals surface area contributed by atoms with Crippen molar-refractivity contribution in [2.75, 3.05) is 32.7 Å². The van der Waals surface area contributed by atoms with Gasteiger partial charge in [-0.2, -0.15) is 0 Å². The number of hydrogen-bond donors (Lipinski definition) is 1. The molecule has 4 aliphatic heterocycles. The first-order chi connectivity index (χ1) is 13.0. The van der Waals surface area contributed by atoms with Crippen LogP contribution in [-0.2, 0) is 9.59 Å². The number of aromatic nitrogens is 1. The fraction of sp³-hybridized carbons (Fsp3) is 0.500. The van der Waals surface area contributed by atoms with Crippen LogP contribution in [0.15, 0.2) is 24.5 Å². The van der Waals surface area contributed by atoms with Crippen LogP contribution in [0.1, 0.15) is 23.2 Å². The highest BCUT2D eigenvalue weighted by molar-refractivity contribution is 6.04. The number of nitrogens with one attached hydrogen (secondary N) is 1. The van der Waals surface area contributed by atoms with Crippen molar-refractivity contribution in [3.8, 4) is 0 Å². The molecule has 0 aromatic carbocycles. The first-order valence-electron chi connectivity index (χ1n) is 9.10. The van der Waals surface area contributed by atoms with E-state index in [1.807, 2.05) is 0 Å². The highest BCUT2D eigenvalue weighted by Crippen LogP contribution is 2.29. The van der Waals surface area contributed by atoms with Gasteiger partial charge in [-0.05, 0) is 30.9 Å². The number of nitrogens with zero attached hydrogens (tertiary/aromatic N) is 4. The lowest BCUT2D eigenvalue weighted by atomic mass is 9.95. The van der Waals surface area contributed by atoms with Gasteiger partial charge in [0.2, 0.25) is 5.91 Å². The molecule has 4 fully saturated rings. The average molecular weight is 371 g/mol. The Kier molecular flexibility index (Phi) is 4.51. The number of rotatable bonds is 3. The second kappa shape index (κ2) is 6.98. The molecular formula is C18H21N5O4. The van der Waals surface area contributed by atoms with E-state index in [0.717, 1.165) is 17.7 Å². The summed E-state index contributed by atoms with van der Waals surface area (Å²) < 4.78 is 0. The first kappa shape index (κ1) is 17.4. The van der Waals surface area contributed by atoms with Crippen molar-refractivity contribution in [2.45, 2.75) is 18.9 Å². The third kappa shape index (κ3) is 3.36. The maximum Gasteiger partial charge on any atom is 0.325 e. The van der Waals surface area contributed by atoms with Crippen molar-refractivity contribution in [2.24, 2.45) is 5.92 Å². The van der Waals surface area contributed by atoms with Gasteiger partial charge in [0.15, 0.2) is 0 Å². The highest BCUT2D eigenvalue weighted by atomic mass is 16.2. The normalized spacial score (nSPS) is 24.8. The molecule has 5 heterocycles. The SMILES string of the molecule is O=C(c1cccnc1)N1C[C@@H]2CC[C@H](C1)N(C(=O)CN1C(=O)CNC1=O)C2. The predicted molar refractivity (Wildman–Crippen MR) is 93.5 cm³/mol. The molecular weight excluding hydrogens is 350 g/mol. The van der Waals surface area contributed by atoms with Crippen LogP contribution in [0.2, 0.25) is 0 Å². The molecule has 2 atom stereocenters. The van der Waals surface area contributed by atoms with Crippen LogP contribution in [0, 0.1) is 5.92 Å². The third-order valence-corrected chi connectivity index (χ3v) is 5.46. The fourth-order valence-corrected chi connectivity index (χ4v) is 4.07. The quantitative estimate of drug-likeness (QED) is 0.735. The molecule has 4 saturated heterocycles. The van der Waals surface area contributed by atoms with E-state index in [-0.39, 0.29) is 42.8 Å². The second-order valence-corrected chi connectivity index (χ2v) is 7.23. The van der Waals surface area contributed by atoms with Crippen LogP contribution in [0.25, 0.3) is 0 Å². The van der Waals surface area contributed by atoms with Crippen molar-refractivity contribution in [3.63, 3.8) is 0 Å². The second-order valence-electron chi connectivity index (χ2n) is 7.23. The fourth-order valence-electron chi connectivity index (χ4n) is 4.07. The predicted octanol–water partition coefficient (Wildman–Crippen LogP) is -0.304. The number of pyridine rings is 1. The molecule has 4 aliphatic rings. The Hall–Kier alpha value is -2.97. The molecule has 0 aliphatic carbocycles. The minimum Gasteiger partial charge on any atom is -0.336 e. The third-order valence-electron chi connectivity index (χ3n) is 5.46. The number of fused-ring (bicyclic) bond motifs is 4. The van der Waals surface area contributed by atoms with Gasteiger partial charge in [0, 0.05) is 38.1 Å². The van der Waals surface area contributed by atoms with E-state index in [9.17, 15) is 19.2 Å². The van der Waals surface area contributed by atoms with E-state index >= 15 is 0 Å². The van der Waals surface area contributed by atoms with Gasteiger partial charge in [0.25, 0.3) is 11.8 Å². The van der Waals surface area contributed by atoms with Gasteiger partial charge in [-0.15, -0.1) is 0 Å². The molecule has 1 aromatic heterocycles. The Morgan fingerprint density at radius 2 is 2.04 bits per heavy atom. The Balaban J connectivity index is 1.46.